The number of para-hydroxylation sites is 1. The molecular weight excluding hydrogens is 370 g/mol. The summed E-state index contributed by atoms with van der Waals surface area (Å²) < 4.78 is 7.24. The Morgan fingerprint density at radius 3 is 2.66 bits per heavy atom. The van der Waals surface area contributed by atoms with Crippen LogP contribution in [0.5, 0.6) is 5.75 Å². The summed E-state index contributed by atoms with van der Waals surface area (Å²) in [5.41, 5.74) is 2.26. The molecule has 0 N–H and O–H groups in total. The molecule has 8 heteroatoms. The summed E-state index contributed by atoms with van der Waals surface area (Å²) >= 11 is 0. The van der Waals surface area contributed by atoms with Crippen LogP contribution in [0.1, 0.15) is 5.56 Å². The molecule has 3 heterocycles. The van der Waals surface area contributed by atoms with E-state index in [1.807, 2.05) is 36.1 Å². The van der Waals surface area contributed by atoms with Crippen LogP contribution in [0.3, 0.4) is 0 Å². The lowest BCUT2D eigenvalue weighted by Crippen LogP contribution is -2.51. The van der Waals surface area contributed by atoms with Crippen molar-refractivity contribution >= 4 is 22.8 Å². The Morgan fingerprint density at radius 2 is 1.90 bits per heavy atom. The van der Waals surface area contributed by atoms with E-state index in [0.717, 1.165) is 16.8 Å². The third-order valence-electron chi connectivity index (χ3n) is 5.24. The van der Waals surface area contributed by atoms with E-state index < -0.39 is 0 Å². The standard InChI is InChI=1S/C21H23N5O3/c1-15-5-3-4-6-18(15)29-14-19(27)25-9-11-26(12-10-25)20-21(28)24(2)17-13-22-8-7-16(17)23-20/h3-8,13H,9-12,14H2,1-2H3. The highest BCUT2D eigenvalue weighted by Gasteiger charge is 2.24. The molecule has 1 saturated heterocycles. The number of pyridine rings is 1. The maximum Gasteiger partial charge on any atom is 0.293 e. The van der Waals surface area contributed by atoms with Crippen LogP contribution in [0, 0.1) is 6.92 Å². The van der Waals surface area contributed by atoms with Gasteiger partial charge in [0.15, 0.2) is 12.4 Å². The highest BCUT2D eigenvalue weighted by molar-refractivity contribution is 5.78. The number of hydrogen-bond acceptors (Lipinski definition) is 6. The number of carbonyl (C=O) groups is 1. The van der Waals surface area contributed by atoms with Crippen molar-refractivity contribution in [2.75, 3.05) is 37.7 Å². The molecule has 1 aliphatic heterocycles. The number of hydrogen-bond donors (Lipinski definition) is 0. The molecule has 1 aliphatic rings. The summed E-state index contributed by atoms with van der Waals surface area (Å²) in [7, 11) is 1.72. The molecule has 0 saturated carbocycles. The molecule has 3 aromatic rings. The number of ether oxygens (including phenoxy) is 1. The van der Waals surface area contributed by atoms with Crippen LogP contribution in [-0.2, 0) is 11.8 Å². The highest BCUT2D eigenvalue weighted by atomic mass is 16.5. The van der Waals surface area contributed by atoms with Crippen molar-refractivity contribution < 1.29 is 9.53 Å². The van der Waals surface area contributed by atoms with Gasteiger partial charge in [0.1, 0.15) is 5.75 Å². The van der Waals surface area contributed by atoms with Crippen LogP contribution in [0.4, 0.5) is 5.82 Å². The minimum atomic E-state index is -0.159. The van der Waals surface area contributed by atoms with Crippen LogP contribution < -0.4 is 15.2 Å². The van der Waals surface area contributed by atoms with Crippen LogP contribution in [0.15, 0.2) is 47.5 Å². The maximum atomic E-state index is 12.7. The number of benzene rings is 1. The van der Waals surface area contributed by atoms with Gasteiger partial charge in [-0.3, -0.25) is 14.6 Å². The zero-order chi connectivity index (χ0) is 20.4. The lowest BCUT2D eigenvalue weighted by Gasteiger charge is -2.35. The summed E-state index contributed by atoms with van der Waals surface area (Å²) in [6.07, 6.45) is 3.30. The average molecular weight is 393 g/mol. The van der Waals surface area contributed by atoms with Gasteiger partial charge in [-0.2, -0.15) is 0 Å². The molecule has 150 valence electrons. The van der Waals surface area contributed by atoms with Crippen molar-refractivity contribution in [3.8, 4) is 5.75 Å². The zero-order valence-electron chi connectivity index (χ0n) is 16.5. The second kappa shape index (κ2) is 7.90. The first-order valence-electron chi connectivity index (χ1n) is 9.56. The van der Waals surface area contributed by atoms with Gasteiger partial charge in [0.05, 0.1) is 17.2 Å². The van der Waals surface area contributed by atoms with Crippen molar-refractivity contribution in [1.82, 2.24) is 19.4 Å². The van der Waals surface area contributed by atoms with Gasteiger partial charge in [-0.15, -0.1) is 0 Å². The number of aryl methyl sites for hydroxylation is 2. The maximum absolute atomic E-state index is 12.7. The number of aromatic nitrogens is 3. The summed E-state index contributed by atoms with van der Waals surface area (Å²) in [5, 5.41) is 0. The number of carbonyl (C=O) groups excluding carboxylic acids is 1. The molecule has 29 heavy (non-hydrogen) atoms. The molecule has 0 unspecified atom stereocenters. The number of amides is 1. The number of anilines is 1. The summed E-state index contributed by atoms with van der Waals surface area (Å²) in [6, 6.07) is 9.42. The monoisotopic (exact) mass is 393 g/mol. The van der Waals surface area contributed by atoms with Gasteiger partial charge >= 0.3 is 0 Å². The Labute approximate surface area is 168 Å². The van der Waals surface area contributed by atoms with Crippen molar-refractivity contribution in [1.29, 1.82) is 0 Å². The van der Waals surface area contributed by atoms with Crippen LogP contribution in [-0.4, -0.2) is 58.1 Å². The van der Waals surface area contributed by atoms with E-state index in [1.165, 1.54) is 0 Å². The van der Waals surface area contributed by atoms with Gasteiger partial charge in [0, 0.05) is 39.4 Å². The van der Waals surface area contributed by atoms with Crippen molar-refractivity contribution in [2.24, 2.45) is 7.05 Å². The Hall–Kier alpha value is -3.42. The molecule has 8 nitrogen and oxygen atoms in total. The molecule has 0 aliphatic carbocycles. The Balaban J connectivity index is 1.41. The lowest BCUT2D eigenvalue weighted by atomic mass is 10.2. The first-order chi connectivity index (χ1) is 14.0. The third-order valence-corrected chi connectivity index (χ3v) is 5.24. The van der Waals surface area contributed by atoms with E-state index in [2.05, 4.69) is 9.97 Å². The van der Waals surface area contributed by atoms with Gasteiger partial charge in [-0.1, -0.05) is 18.2 Å². The highest BCUT2D eigenvalue weighted by Crippen LogP contribution is 2.17. The fraction of sp³-hybridized carbons (Fsp3) is 0.333. The first kappa shape index (κ1) is 18.9. The van der Waals surface area contributed by atoms with Gasteiger partial charge < -0.3 is 19.1 Å². The predicted octanol–water partition coefficient (Wildman–Crippen LogP) is 1.36. The molecule has 4 rings (SSSR count). The number of rotatable bonds is 4. The van der Waals surface area contributed by atoms with E-state index in [-0.39, 0.29) is 18.1 Å². The molecule has 1 fully saturated rings. The first-order valence-corrected chi connectivity index (χ1v) is 9.56. The Bertz CT molecular complexity index is 1100. The van der Waals surface area contributed by atoms with E-state index in [9.17, 15) is 9.59 Å². The Kier molecular flexibility index (Phi) is 5.16. The van der Waals surface area contributed by atoms with Crippen LogP contribution in [0.2, 0.25) is 0 Å². The van der Waals surface area contributed by atoms with E-state index >= 15 is 0 Å². The fourth-order valence-electron chi connectivity index (χ4n) is 3.48. The van der Waals surface area contributed by atoms with Crippen molar-refractivity contribution in [2.45, 2.75) is 6.92 Å². The molecule has 1 amide bonds. The second-order valence-corrected chi connectivity index (χ2v) is 7.09. The minimum Gasteiger partial charge on any atom is -0.484 e. The molecule has 0 radical (unpaired) electrons. The molecule has 0 spiro atoms. The predicted molar refractivity (Wildman–Crippen MR) is 110 cm³/mol. The normalized spacial score (nSPS) is 14.3. The molecule has 0 atom stereocenters. The fourth-order valence-corrected chi connectivity index (χ4v) is 3.48. The van der Waals surface area contributed by atoms with Gasteiger partial charge in [0.25, 0.3) is 11.5 Å². The SMILES string of the molecule is Cc1ccccc1OCC(=O)N1CCN(c2nc3ccncc3n(C)c2=O)CC1. The van der Waals surface area contributed by atoms with Gasteiger partial charge in [0.2, 0.25) is 0 Å². The largest absolute Gasteiger partial charge is 0.484 e. The molecule has 0 bridgehead atoms. The average Bonchev–Trinajstić information content (AvgIpc) is 2.75. The van der Waals surface area contributed by atoms with Crippen molar-refractivity contribution in [3.05, 3.63) is 58.6 Å². The number of fused-ring (bicyclic) bond motifs is 1. The van der Waals surface area contributed by atoms with Crippen molar-refractivity contribution in [3.63, 3.8) is 0 Å². The van der Waals surface area contributed by atoms with Gasteiger partial charge in [-0.25, -0.2) is 4.98 Å². The Morgan fingerprint density at radius 1 is 1.14 bits per heavy atom. The number of nitrogens with zero attached hydrogens (tertiary/aromatic N) is 5. The topological polar surface area (TPSA) is 80.6 Å². The van der Waals surface area contributed by atoms with E-state index in [0.29, 0.717) is 37.5 Å². The molecular formula is C21H23N5O3. The third kappa shape index (κ3) is 3.78. The summed E-state index contributed by atoms with van der Waals surface area (Å²) in [5.74, 6) is 1.07. The lowest BCUT2D eigenvalue weighted by molar-refractivity contribution is -0.133. The second-order valence-electron chi connectivity index (χ2n) is 7.09. The van der Waals surface area contributed by atoms with Gasteiger partial charge in [-0.05, 0) is 24.6 Å². The minimum absolute atomic E-state index is 0.00778. The summed E-state index contributed by atoms with van der Waals surface area (Å²) in [4.78, 5) is 37.5. The van der Waals surface area contributed by atoms with Crippen LogP contribution >= 0.6 is 0 Å². The zero-order valence-corrected chi connectivity index (χ0v) is 16.5. The van der Waals surface area contributed by atoms with E-state index in [1.54, 1.807) is 35.0 Å². The summed E-state index contributed by atoms with van der Waals surface area (Å²) in [6.45, 7) is 4.10. The van der Waals surface area contributed by atoms with Crippen LogP contribution in [0.25, 0.3) is 11.0 Å². The number of piperazine rings is 1. The molecule has 1 aromatic carbocycles. The molecule has 2 aromatic heterocycles. The quantitative estimate of drug-likeness (QED) is 0.666. The van der Waals surface area contributed by atoms with E-state index in [4.69, 9.17) is 4.74 Å². The smallest absolute Gasteiger partial charge is 0.293 e.